The van der Waals surface area contributed by atoms with Crippen LogP contribution in [0.25, 0.3) is 0 Å². The molecule has 12 heavy (non-hydrogen) atoms. The predicted octanol–water partition coefficient (Wildman–Crippen LogP) is 1.25. The van der Waals surface area contributed by atoms with Gasteiger partial charge in [0.2, 0.25) is 0 Å². The van der Waals surface area contributed by atoms with E-state index < -0.39 is 0 Å². The summed E-state index contributed by atoms with van der Waals surface area (Å²) in [6.45, 7) is 0.893. The summed E-state index contributed by atoms with van der Waals surface area (Å²) >= 11 is 0. The van der Waals surface area contributed by atoms with E-state index in [0.29, 0.717) is 0 Å². The minimum atomic E-state index is 0.126. The second-order valence-corrected chi connectivity index (χ2v) is 3.28. The molecule has 0 aliphatic heterocycles. The van der Waals surface area contributed by atoms with Crippen LogP contribution in [0.15, 0.2) is 30.3 Å². The Morgan fingerprint density at radius 1 is 1.25 bits per heavy atom. The lowest BCUT2D eigenvalue weighted by atomic mass is 10.1. The van der Waals surface area contributed by atoms with E-state index >= 15 is 0 Å². The maximum atomic E-state index is 5.95. The summed E-state index contributed by atoms with van der Waals surface area (Å²) in [5, 5.41) is 0. The van der Waals surface area contributed by atoms with Crippen molar-refractivity contribution in [1.29, 1.82) is 0 Å². The van der Waals surface area contributed by atoms with E-state index in [-0.39, 0.29) is 6.04 Å². The maximum absolute atomic E-state index is 5.95. The standard InChI is InChI=1S/C10H16N2/c1-12(2)8-10(11)9-6-4-3-5-7-9/h3-7,10H,8,11H2,1-2H3/t10-/m1/s1. The van der Waals surface area contributed by atoms with Crippen molar-refractivity contribution in [2.45, 2.75) is 6.04 Å². The van der Waals surface area contributed by atoms with Crippen LogP contribution in [0.2, 0.25) is 0 Å². The van der Waals surface area contributed by atoms with Gasteiger partial charge in [-0.15, -0.1) is 0 Å². The lowest BCUT2D eigenvalue weighted by Gasteiger charge is -2.16. The molecule has 2 nitrogen and oxygen atoms in total. The highest BCUT2D eigenvalue weighted by molar-refractivity contribution is 5.18. The Bertz CT molecular complexity index is 219. The minimum absolute atomic E-state index is 0.126. The van der Waals surface area contributed by atoms with Crippen molar-refractivity contribution in [2.75, 3.05) is 20.6 Å². The quantitative estimate of drug-likeness (QED) is 0.728. The molecule has 0 heterocycles. The molecule has 0 unspecified atom stereocenters. The molecule has 1 aromatic carbocycles. The molecule has 0 radical (unpaired) electrons. The highest BCUT2D eigenvalue weighted by atomic mass is 15.1. The van der Waals surface area contributed by atoms with E-state index in [0.717, 1.165) is 6.54 Å². The molecule has 66 valence electrons. The van der Waals surface area contributed by atoms with Crippen LogP contribution in [0.4, 0.5) is 0 Å². The Morgan fingerprint density at radius 2 is 1.83 bits per heavy atom. The molecular weight excluding hydrogens is 148 g/mol. The molecule has 0 fully saturated rings. The van der Waals surface area contributed by atoms with Crippen LogP contribution in [-0.4, -0.2) is 25.5 Å². The number of hydrogen-bond donors (Lipinski definition) is 1. The van der Waals surface area contributed by atoms with Crippen LogP contribution in [-0.2, 0) is 0 Å². The van der Waals surface area contributed by atoms with Gasteiger partial charge in [0.25, 0.3) is 0 Å². The Hall–Kier alpha value is -0.860. The normalized spacial score (nSPS) is 13.3. The van der Waals surface area contributed by atoms with Gasteiger partial charge < -0.3 is 10.6 Å². The first kappa shape index (κ1) is 9.23. The highest BCUT2D eigenvalue weighted by Gasteiger charge is 2.04. The number of benzene rings is 1. The molecule has 0 aliphatic rings. The fourth-order valence-corrected chi connectivity index (χ4v) is 1.20. The first-order valence-electron chi connectivity index (χ1n) is 4.15. The van der Waals surface area contributed by atoms with Crippen molar-refractivity contribution in [2.24, 2.45) is 5.73 Å². The number of likely N-dealkylation sites (N-methyl/N-ethyl adjacent to an activating group) is 1. The first-order chi connectivity index (χ1) is 5.70. The molecular formula is C10H16N2. The van der Waals surface area contributed by atoms with Crippen molar-refractivity contribution in [1.82, 2.24) is 4.90 Å². The predicted molar refractivity (Wildman–Crippen MR) is 51.9 cm³/mol. The van der Waals surface area contributed by atoms with Gasteiger partial charge in [0.05, 0.1) is 0 Å². The van der Waals surface area contributed by atoms with E-state index in [4.69, 9.17) is 5.73 Å². The van der Waals surface area contributed by atoms with E-state index in [1.54, 1.807) is 0 Å². The second-order valence-electron chi connectivity index (χ2n) is 3.28. The van der Waals surface area contributed by atoms with Crippen molar-refractivity contribution in [3.05, 3.63) is 35.9 Å². The van der Waals surface area contributed by atoms with Crippen LogP contribution in [0.1, 0.15) is 11.6 Å². The van der Waals surface area contributed by atoms with Gasteiger partial charge in [-0.1, -0.05) is 30.3 Å². The van der Waals surface area contributed by atoms with E-state index in [1.807, 2.05) is 32.3 Å². The number of nitrogens with zero attached hydrogens (tertiary/aromatic N) is 1. The van der Waals surface area contributed by atoms with Crippen molar-refractivity contribution < 1.29 is 0 Å². The third-order valence-electron chi connectivity index (χ3n) is 1.79. The van der Waals surface area contributed by atoms with Crippen molar-refractivity contribution in [3.63, 3.8) is 0 Å². The smallest absolute Gasteiger partial charge is 0.0424 e. The van der Waals surface area contributed by atoms with Gasteiger partial charge in [0.15, 0.2) is 0 Å². The monoisotopic (exact) mass is 164 g/mol. The molecule has 2 heteroatoms. The third-order valence-corrected chi connectivity index (χ3v) is 1.79. The molecule has 1 atom stereocenters. The molecule has 0 bridgehead atoms. The van der Waals surface area contributed by atoms with Gasteiger partial charge in [-0.25, -0.2) is 0 Å². The number of nitrogens with two attached hydrogens (primary N) is 1. The lowest BCUT2D eigenvalue weighted by Crippen LogP contribution is -2.25. The zero-order chi connectivity index (χ0) is 8.97. The number of rotatable bonds is 3. The molecule has 0 aromatic heterocycles. The average molecular weight is 164 g/mol. The van der Waals surface area contributed by atoms with Crippen LogP contribution < -0.4 is 5.73 Å². The van der Waals surface area contributed by atoms with Gasteiger partial charge in [0.1, 0.15) is 0 Å². The molecule has 0 amide bonds. The Labute approximate surface area is 74.0 Å². The van der Waals surface area contributed by atoms with Gasteiger partial charge in [-0.3, -0.25) is 0 Å². The average Bonchev–Trinajstić information content (AvgIpc) is 2.05. The Kier molecular flexibility index (Phi) is 3.26. The Balaban J connectivity index is 2.59. The lowest BCUT2D eigenvalue weighted by molar-refractivity contribution is 0.376. The SMILES string of the molecule is CN(C)C[C@@H](N)c1ccccc1. The first-order valence-corrected chi connectivity index (χ1v) is 4.15. The fourth-order valence-electron chi connectivity index (χ4n) is 1.20. The zero-order valence-electron chi connectivity index (χ0n) is 7.70. The fraction of sp³-hybridized carbons (Fsp3) is 0.400. The van der Waals surface area contributed by atoms with E-state index in [9.17, 15) is 0 Å². The molecule has 2 N–H and O–H groups in total. The summed E-state index contributed by atoms with van der Waals surface area (Å²) in [4.78, 5) is 2.09. The minimum Gasteiger partial charge on any atom is -0.323 e. The Morgan fingerprint density at radius 3 is 2.33 bits per heavy atom. The van der Waals surface area contributed by atoms with Gasteiger partial charge in [0, 0.05) is 12.6 Å². The molecule has 1 aromatic rings. The zero-order valence-corrected chi connectivity index (χ0v) is 7.70. The van der Waals surface area contributed by atoms with Crippen LogP contribution in [0, 0.1) is 0 Å². The third kappa shape index (κ3) is 2.64. The highest BCUT2D eigenvalue weighted by Crippen LogP contribution is 2.09. The topological polar surface area (TPSA) is 29.3 Å². The second kappa shape index (κ2) is 4.24. The van der Waals surface area contributed by atoms with Gasteiger partial charge in [-0.2, -0.15) is 0 Å². The summed E-state index contributed by atoms with van der Waals surface area (Å²) in [6, 6.07) is 10.3. The van der Waals surface area contributed by atoms with Crippen LogP contribution >= 0.6 is 0 Å². The van der Waals surface area contributed by atoms with Gasteiger partial charge >= 0.3 is 0 Å². The molecule has 1 rings (SSSR count). The summed E-state index contributed by atoms with van der Waals surface area (Å²) in [7, 11) is 4.06. The summed E-state index contributed by atoms with van der Waals surface area (Å²) in [5.41, 5.74) is 7.15. The summed E-state index contributed by atoms with van der Waals surface area (Å²) < 4.78 is 0. The van der Waals surface area contributed by atoms with E-state index in [2.05, 4.69) is 17.0 Å². The number of hydrogen-bond acceptors (Lipinski definition) is 2. The molecule has 0 spiro atoms. The summed E-state index contributed by atoms with van der Waals surface area (Å²) in [6.07, 6.45) is 0. The van der Waals surface area contributed by atoms with E-state index in [1.165, 1.54) is 5.56 Å². The van der Waals surface area contributed by atoms with Crippen LogP contribution in [0.3, 0.4) is 0 Å². The molecule has 0 saturated heterocycles. The molecule has 0 aliphatic carbocycles. The molecule has 0 saturated carbocycles. The van der Waals surface area contributed by atoms with Crippen molar-refractivity contribution >= 4 is 0 Å². The maximum Gasteiger partial charge on any atom is 0.0424 e. The van der Waals surface area contributed by atoms with Crippen LogP contribution in [0.5, 0.6) is 0 Å². The summed E-state index contributed by atoms with van der Waals surface area (Å²) in [5.74, 6) is 0. The largest absolute Gasteiger partial charge is 0.323 e. The van der Waals surface area contributed by atoms with Gasteiger partial charge in [-0.05, 0) is 19.7 Å². The van der Waals surface area contributed by atoms with Crippen molar-refractivity contribution in [3.8, 4) is 0 Å².